The SMILES string of the molecule is C=C1C=C(N2CCC3(CCN(C[C@H](O)c4ccc5c(c4C)COC5=O)CC3)C2=O)CC1. The Bertz CT molecular complexity index is 987. The zero-order valence-corrected chi connectivity index (χ0v) is 18.2. The Balaban J connectivity index is 1.22. The number of ether oxygens (including phenoxy) is 1. The first-order valence-electron chi connectivity index (χ1n) is 11.3. The first kappa shape index (κ1) is 20.5. The summed E-state index contributed by atoms with van der Waals surface area (Å²) in [6.07, 6.45) is 5.95. The van der Waals surface area contributed by atoms with Crippen molar-refractivity contribution in [2.24, 2.45) is 5.41 Å². The van der Waals surface area contributed by atoms with Crippen LogP contribution >= 0.6 is 0 Å². The van der Waals surface area contributed by atoms with Gasteiger partial charge in [-0.1, -0.05) is 18.2 Å². The van der Waals surface area contributed by atoms with E-state index in [4.69, 9.17) is 4.74 Å². The number of cyclic esters (lactones) is 1. The molecule has 6 nitrogen and oxygen atoms in total. The summed E-state index contributed by atoms with van der Waals surface area (Å²) in [5.41, 5.74) is 5.31. The van der Waals surface area contributed by atoms with Gasteiger partial charge in [0.1, 0.15) is 6.61 Å². The smallest absolute Gasteiger partial charge is 0.338 e. The predicted molar refractivity (Wildman–Crippen MR) is 116 cm³/mol. The fourth-order valence-electron chi connectivity index (χ4n) is 5.68. The third-order valence-electron chi connectivity index (χ3n) is 7.74. The van der Waals surface area contributed by atoms with Crippen LogP contribution in [-0.2, 0) is 16.1 Å². The highest BCUT2D eigenvalue weighted by atomic mass is 16.5. The number of fused-ring (bicyclic) bond motifs is 1. The molecule has 1 spiro atoms. The minimum atomic E-state index is -0.625. The Morgan fingerprint density at radius 3 is 2.61 bits per heavy atom. The van der Waals surface area contributed by atoms with E-state index in [9.17, 15) is 14.7 Å². The summed E-state index contributed by atoms with van der Waals surface area (Å²) in [5, 5.41) is 10.9. The van der Waals surface area contributed by atoms with Gasteiger partial charge in [-0.25, -0.2) is 4.79 Å². The predicted octanol–water partition coefficient (Wildman–Crippen LogP) is 3.25. The quantitative estimate of drug-likeness (QED) is 0.755. The molecule has 5 rings (SSSR count). The van der Waals surface area contributed by atoms with Crippen molar-refractivity contribution in [3.63, 3.8) is 0 Å². The van der Waals surface area contributed by atoms with Crippen LogP contribution in [0.3, 0.4) is 0 Å². The Morgan fingerprint density at radius 2 is 1.90 bits per heavy atom. The fraction of sp³-hybridized carbons (Fsp3) is 0.520. The molecular weight excluding hydrogens is 392 g/mol. The highest BCUT2D eigenvalue weighted by molar-refractivity contribution is 5.94. The molecule has 1 aliphatic carbocycles. The molecule has 0 saturated carbocycles. The molecule has 3 heterocycles. The Kier molecular flexibility index (Phi) is 5.02. The summed E-state index contributed by atoms with van der Waals surface area (Å²) in [6, 6.07) is 3.61. The fourth-order valence-corrected chi connectivity index (χ4v) is 5.68. The summed E-state index contributed by atoms with van der Waals surface area (Å²) in [6.45, 7) is 9.24. The van der Waals surface area contributed by atoms with Gasteiger partial charge < -0.3 is 19.6 Å². The number of esters is 1. The minimum Gasteiger partial charge on any atom is -0.457 e. The van der Waals surface area contributed by atoms with Gasteiger partial charge in [0.15, 0.2) is 0 Å². The number of aliphatic hydroxyl groups excluding tert-OH is 1. The number of rotatable bonds is 4. The third-order valence-corrected chi connectivity index (χ3v) is 7.74. The number of carbonyl (C=O) groups is 2. The van der Waals surface area contributed by atoms with Crippen LogP contribution < -0.4 is 0 Å². The number of carbonyl (C=O) groups excluding carboxylic acids is 2. The van der Waals surface area contributed by atoms with E-state index in [1.54, 1.807) is 6.07 Å². The molecule has 164 valence electrons. The average Bonchev–Trinajstić information content (AvgIpc) is 3.43. The highest BCUT2D eigenvalue weighted by Gasteiger charge is 2.49. The number of amides is 1. The summed E-state index contributed by atoms with van der Waals surface area (Å²) in [4.78, 5) is 29.3. The van der Waals surface area contributed by atoms with E-state index in [0.29, 0.717) is 12.1 Å². The maximum atomic E-state index is 13.3. The maximum Gasteiger partial charge on any atom is 0.338 e. The average molecular weight is 423 g/mol. The number of piperidine rings is 1. The lowest BCUT2D eigenvalue weighted by Crippen LogP contribution is -2.45. The van der Waals surface area contributed by atoms with Crippen LogP contribution in [0.2, 0.25) is 0 Å². The second kappa shape index (κ2) is 7.61. The molecule has 2 fully saturated rings. The summed E-state index contributed by atoms with van der Waals surface area (Å²) < 4.78 is 5.13. The van der Waals surface area contributed by atoms with Gasteiger partial charge in [-0.05, 0) is 75.4 Å². The van der Waals surface area contributed by atoms with Crippen molar-refractivity contribution in [1.82, 2.24) is 9.80 Å². The number of hydrogen-bond acceptors (Lipinski definition) is 5. The Hall–Kier alpha value is -2.44. The van der Waals surface area contributed by atoms with E-state index in [1.165, 1.54) is 0 Å². The molecule has 31 heavy (non-hydrogen) atoms. The lowest BCUT2D eigenvalue weighted by atomic mass is 9.77. The van der Waals surface area contributed by atoms with Gasteiger partial charge in [-0.15, -0.1) is 0 Å². The molecular formula is C25H30N2O4. The van der Waals surface area contributed by atoms with Crippen LogP contribution in [0.15, 0.2) is 36.1 Å². The molecule has 4 aliphatic rings. The van der Waals surface area contributed by atoms with Crippen LogP contribution in [0.25, 0.3) is 0 Å². The molecule has 1 aromatic carbocycles. The molecule has 2 saturated heterocycles. The highest BCUT2D eigenvalue weighted by Crippen LogP contribution is 2.44. The molecule has 3 aliphatic heterocycles. The van der Waals surface area contributed by atoms with Crippen molar-refractivity contribution in [1.29, 1.82) is 0 Å². The van der Waals surface area contributed by atoms with Gasteiger partial charge in [0.05, 0.1) is 17.1 Å². The number of likely N-dealkylation sites (tertiary alicyclic amines) is 2. The zero-order chi connectivity index (χ0) is 21.8. The number of aliphatic hydroxyl groups is 1. The van der Waals surface area contributed by atoms with E-state index < -0.39 is 6.10 Å². The Labute approximate surface area is 183 Å². The van der Waals surface area contributed by atoms with Gasteiger partial charge in [0.2, 0.25) is 5.91 Å². The Morgan fingerprint density at radius 1 is 1.16 bits per heavy atom. The number of β-amino-alcohol motifs (C(OH)–C–C–N with tert-alkyl or cyclic N) is 1. The van der Waals surface area contributed by atoms with Crippen LogP contribution in [0.1, 0.15) is 65.3 Å². The van der Waals surface area contributed by atoms with E-state index in [-0.39, 0.29) is 23.9 Å². The van der Waals surface area contributed by atoms with E-state index >= 15 is 0 Å². The first-order chi connectivity index (χ1) is 14.9. The van der Waals surface area contributed by atoms with Gasteiger partial charge in [0.25, 0.3) is 0 Å². The van der Waals surface area contributed by atoms with Crippen molar-refractivity contribution in [3.8, 4) is 0 Å². The summed E-state index contributed by atoms with van der Waals surface area (Å²) in [7, 11) is 0. The molecule has 1 aromatic rings. The minimum absolute atomic E-state index is 0.243. The van der Waals surface area contributed by atoms with Crippen molar-refractivity contribution < 1.29 is 19.4 Å². The second-order valence-corrected chi connectivity index (χ2v) is 9.48. The van der Waals surface area contributed by atoms with Crippen molar-refractivity contribution in [2.45, 2.75) is 51.7 Å². The molecule has 0 unspecified atom stereocenters. The number of hydrogen-bond donors (Lipinski definition) is 1. The van der Waals surface area contributed by atoms with Crippen molar-refractivity contribution in [2.75, 3.05) is 26.2 Å². The number of allylic oxidation sites excluding steroid dienone is 3. The van der Waals surface area contributed by atoms with Gasteiger partial charge in [-0.2, -0.15) is 0 Å². The summed E-state index contributed by atoms with van der Waals surface area (Å²) >= 11 is 0. The molecule has 1 amide bonds. The summed E-state index contributed by atoms with van der Waals surface area (Å²) in [5.74, 6) is 0.00112. The van der Waals surface area contributed by atoms with E-state index in [0.717, 1.165) is 79.7 Å². The van der Waals surface area contributed by atoms with Crippen LogP contribution in [0.4, 0.5) is 0 Å². The second-order valence-electron chi connectivity index (χ2n) is 9.48. The molecule has 1 atom stereocenters. The van der Waals surface area contributed by atoms with Crippen molar-refractivity contribution in [3.05, 3.63) is 58.3 Å². The third kappa shape index (κ3) is 3.42. The number of benzene rings is 1. The largest absolute Gasteiger partial charge is 0.457 e. The normalized spacial score (nSPS) is 24.0. The monoisotopic (exact) mass is 422 g/mol. The van der Waals surface area contributed by atoms with Crippen LogP contribution in [-0.4, -0.2) is 53.0 Å². The lowest BCUT2D eigenvalue weighted by Gasteiger charge is -2.38. The zero-order valence-electron chi connectivity index (χ0n) is 18.2. The van der Waals surface area contributed by atoms with Crippen LogP contribution in [0.5, 0.6) is 0 Å². The molecule has 6 heteroatoms. The van der Waals surface area contributed by atoms with E-state index in [2.05, 4.69) is 17.6 Å². The van der Waals surface area contributed by atoms with Gasteiger partial charge in [-0.3, -0.25) is 4.79 Å². The van der Waals surface area contributed by atoms with Crippen LogP contribution in [0, 0.1) is 12.3 Å². The molecule has 1 N–H and O–H groups in total. The topological polar surface area (TPSA) is 70.1 Å². The number of nitrogens with zero attached hydrogens (tertiary/aromatic N) is 2. The van der Waals surface area contributed by atoms with Gasteiger partial charge >= 0.3 is 5.97 Å². The lowest BCUT2D eigenvalue weighted by molar-refractivity contribution is -0.137. The van der Waals surface area contributed by atoms with E-state index in [1.807, 2.05) is 17.9 Å². The standard InChI is InChI=1S/C25H30N2O4/c1-16-3-4-18(13-16)27-12-9-25(24(27)30)7-10-26(11-8-25)14-22(28)19-5-6-20-21(17(19)2)15-31-23(20)29/h5-6,13,22,28H,1,3-4,7-12,14-15H2,2H3/t22-/m0/s1. The van der Waals surface area contributed by atoms with Gasteiger partial charge in [0, 0.05) is 24.4 Å². The first-order valence-corrected chi connectivity index (χ1v) is 11.3. The molecule has 0 aromatic heterocycles. The molecule has 0 bridgehead atoms. The van der Waals surface area contributed by atoms with Crippen molar-refractivity contribution >= 4 is 11.9 Å². The molecule has 0 radical (unpaired) electrons. The maximum absolute atomic E-state index is 13.3.